The van der Waals surface area contributed by atoms with E-state index in [4.69, 9.17) is 16.2 Å². The molecule has 0 aliphatic carbocycles. The molecule has 0 atom stereocenters. The van der Waals surface area contributed by atoms with Gasteiger partial charge in [0.1, 0.15) is 11.3 Å². The lowest BCUT2D eigenvalue weighted by Gasteiger charge is -2.06. The van der Waals surface area contributed by atoms with Crippen molar-refractivity contribution in [2.24, 2.45) is 5.73 Å². The molecule has 0 aliphatic heterocycles. The smallest absolute Gasteiger partial charge is 0.219 e. The van der Waals surface area contributed by atoms with Crippen LogP contribution >= 0.6 is 0 Å². The number of hydrogen-bond donors (Lipinski definition) is 2. The van der Waals surface area contributed by atoms with Gasteiger partial charge in [-0.05, 0) is 19.1 Å². The predicted molar refractivity (Wildman–Crippen MR) is 69.1 cm³/mol. The second-order valence-corrected chi connectivity index (χ2v) is 3.89. The number of aryl methyl sites for hydroxylation is 1. The van der Waals surface area contributed by atoms with Crippen LogP contribution in [0, 0.1) is 0 Å². The zero-order valence-electron chi connectivity index (χ0n) is 10.2. The van der Waals surface area contributed by atoms with Crippen LogP contribution in [0.1, 0.15) is 13.3 Å². The molecule has 4 N–H and O–H groups in total. The number of fused-ring (bicyclic) bond motifs is 1. The number of aromatic nitrogens is 2. The van der Waals surface area contributed by atoms with Crippen molar-refractivity contribution in [1.29, 1.82) is 0 Å². The number of nitrogens with zero attached hydrogens (tertiary/aromatic N) is 2. The second-order valence-electron chi connectivity index (χ2n) is 3.89. The summed E-state index contributed by atoms with van der Waals surface area (Å²) in [6.07, 6.45) is 0.231. The van der Waals surface area contributed by atoms with E-state index >= 15 is 0 Å². The maximum Gasteiger partial charge on any atom is 0.219 e. The molecular weight excluding hydrogens is 232 g/mol. The highest BCUT2D eigenvalue weighted by Gasteiger charge is 2.12. The molecule has 96 valence electrons. The molecule has 0 bridgehead atoms. The molecule has 0 unspecified atom stereocenters. The third-order valence-corrected chi connectivity index (χ3v) is 2.65. The number of hydrogen-bond acceptors (Lipinski definition) is 4. The second kappa shape index (κ2) is 4.95. The van der Waals surface area contributed by atoms with E-state index in [1.165, 1.54) is 0 Å². The Bertz CT molecular complexity index is 577. The molecule has 0 radical (unpaired) electrons. The van der Waals surface area contributed by atoms with Crippen LogP contribution in [0.3, 0.4) is 0 Å². The van der Waals surface area contributed by atoms with Gasteiger partial charge in [-0.3, -0.25) is 4.79 Å². The SMILES string of the molecule is CCOc1cccc2c1nc(N)n2CCC(N)=O. The van der Waals surface area contributed by atoms with Crippen molar-refractivity contribution in [3.8, 4) is 5.75 Å². The Morgan fingerprint density at radius 2 is 2.28 bits per heavy atom. The Morgan fingerprint density at radius 1 is 1.50 bits per heavy atom. The van der Waals surface area contributed by atoms with Gasteiger partial charge in [-0.1, -0.05) is 6.07 Å². The Balaban J connectivity index is 2.44. The van der Waals surface area contributed by atoms with E-state index in [9.17, 15) is 4.79 Å². The fourth-order valence-electron chi connectivity index (χ4n) is 1.87. The van der Waals surface area contributed by atoms with Crippen LogP contribution in [0.5, 0.6) is 5.75 Å². The van der Waals surface area contributed by atoms with E-state index < -0.39 is 0 Å². The highest BCUT2D eigenvalue weighted by molar-refractivity contribution is 5.84. The fourth-order valence-corrected chi connectivity index (χ4v) is 1.87. The van der Waals surface area contributed by atoms with Gasteiger partial charge in [-0.15, -0.1) is 0 Å². The Hall–Kier alpha value is -2.24. The number of imidazole rings is 1. The summed E-state index contributed by atoms with van der Waals surface area (Å²) >= 11 is 0. The van der Waals surface area contributed by atoms with E-state index in [0.29, 0.717) is 30.4 Å². The largest absolute Gasteiger partial charge is 0.492 e. The van der Waals surface area contributed by atoms with Gasteiger partial charge in [0, 0.05) is 13.0 Å². The van der Waals surface area contributed by atoms with Crippen LogP contribution in [0.2, 0.25) is 0 Å². The summed E-state index contributed by atoms with van der Waals surface area (Å²) in [5.74, 6) is 0.690. The minimum absolute atomic E-state index is 0.231. The van der Waals surface area contributed by atoms with E-state index in [1.807, 2.05) is 25.1 Å². The number of carbonyl (C=O) groups excluding carboxylic acids is 1. The minimum atomic E-state index is -0.364. The molecule has 2 aromatic rings. The number of carbonyl (C=O) groups is 1. The molecule has 2 rings (SSSR count). The molecule has 6 heteroatoms. The van der Waals surface area contributed by atoms with E-state index in [2.05, 4.69) is 4.98 Å². The molecule has 0 aliphatic rings. The molecule has 1 heterocycles. The van der Waals surface area contributed by atoms with Crippen molar-refractivity contribution >= 4 is 22.9 Å². The molecule has 0 saturated carbocycles. The van der Waals surface area contributed by atoms with Gasteiger partial charge in [-0.25, -0.2) is 4.98 Å². The number of anilines is 1. The maximum atomic E-state index is 10.8. The average Bonchev–Trinajstić information content (AvgIpc) is 2.64. The van der Waals surface area contributed by atoms with Crippen molar-refractivity contribution in [2.75, 3.05) is 12.3 Å². The summed E-state index contributed by atoms with van der Waals surface area (Å²) in [5, 5.41) is 0. The van der Waals surface area contributed by atoms with Crippen molar-refractivity contribution in [2.45, 2.75) is 19.9 Å². The van der Waals surface area contributed by atoms with Gasteiger partial charge >= 0.3 is 0 Å². The van der Waals surface area contributed by atoms with Crippen molar-refractivity contribution in [3.63, 3.8) is 0 Å². The first-order valence-electron chi connectivity index (χ1n) is 5.79. The molecule has 1 aromatic heterocycles. The summed E-state index contributed by atoms with van der Waals surface area (Å²) in [7, 11) is 0. The maximum absolute atomic E-state index is 10.8. The summed E-state index contributed by atoms with van der Waals surface area (Å²) in [6, 6.07) is 5.61. The standard InChI is InChI=1S/C12H16N4O2/c1-2-18-9-5-3-4-8-11(9)15-12(14)16(8)7-6-10(13)17/h3-5H,2,6-7H2,1H3,(H2,13,17)(H2,14,15). The Kier molecular flexibility index (Phi) is 3.36. The lowest BCUT2D eigenvalue weighted by Crippen LogP contribution is -2.14. The lowest BCUT2D eigenvalue weighted by atomic mass is 10.3. The number of primary amides is 1. The third kappa shape index (κ3) is 2.22. The quantitative estimate of drug-likeness (QED) is 0.821. The summed E-state index contributed by atoms with van der Waals surface area (Å²) in [4.78, 5) is 15.1. The third-order valence-electron chi connectivity index (χ3n) is 2.65. The van der Waals surface area contributed by atoms with Gasteiger partial charge in [0.2, 0.25) is 11.9 Å². The number of amides is 1. The number of nitrogens with two attached hydrogens (primary N) is 2. The van der Waals surface area contributed by atoms with Crippen LogP contribution in [0.25, 0.3) is 11.0 Å². The van der Waals surface area contributed by atoms with Crippen molar-refractivity contribution in [1.82, 2.24) is 9.55 Å². The van der Waals surface area contributed by atoms with E-state index in [1.54, 1.807) is 4.57 Å². The Morgan fingerprint density at radius 3 is 2.94 bits per heavy atom. The Labute approximate surface area is 105 Å². The molecule has 18 heavy (non-hydrogen) atoms. The number of benzene rings is 1. The highest BCUT2D eigenvalue weighted by Crippen LogP contribution is 2.27. The van der Waals surface area contributed by atoms with E-state index in [-0.39, 0.29) is 12.3 Å². The van der Waals surface area contributed by atoms with Crippen LogP contribution < -0.4 is 16.2 Å². The van der Waals surface area contributed by atoms with Gasteiger partial charge < -0.3 is 20.8 Å². The zero-order valence-corrected chi connectivity index (χ0v) is 10.2. The number of nitrogen functional groups attached to an aromatic ring is 1. The highest BCUT2D eigenvalue weighted by atomic mass is 16.5. The van der Waals surface area contributed by atoms with Gasteiger partial charge in [0.15, 0.2) is 0 Å². The molecule has 1 aromatic carbocycles. The molecule has 6 nitrogen and oxygen atoms in total. The van der Waals surface area contributed by atoms with Gasteiger partial charge in [0.05, 0.1) is 12.1 Å². The monoisotopic (exact) mass is 248 g/mol. The first-order valence-corrected chi connectivity index (χ1v) is 5.79. The fraction of sp³-hybridized carbons (Fsp3) is 0.333. The minimum Gasteiger partial charge on any atom is -0.492 e. The van der Waals surface area contributed by atoms with Crippen LogP contribution in [-0.2, 0) is 11.3 Å². The zero-order chi connectivity index (χ0) is 13.1. The van der Waals surface area contributed by atoms with Crippen molar-refractivity contribution in [3.05, 3.63) is 18.2 Å². The topological polar surface area (TPSA) is 96.2 Å². The molecular formula is C12H16N4O2. The predicted octanol–water partition coefficient (Wildman–Crippen LogP) is 0.893. The summed E-state index contributed by atoms with van der Waals surface area (Å²) in [6.45, 7) is 2.90. The van der Waals surface area contributed by atoms with Crippen LogP contribution in [-0.4, -0.2) is 22.1 Å². The molecule has 0 fully saturated rings. The van der Waals surface area contributed by atoms with Gasteiger partial charge in [0.25, 0.3) is 0 Å². The van der Waals surface area contributed by atoms with Crippen LogP contribution in [0.4, 0.5) is 5.95 Å². The van der Waals surface area contributed by atoms with Crippen molar-refractivity contribution < 1.29 is 9.53 Å². The lowest BCUT2D eigenvalue weighted by molar-refractivity contribution is -0.118. The van der Waals surface area contributed by atoms with E-state index in [0.717, 1.165) is 5.52 Å². The first kappa shape index (κ1) is 12.2. The first-order chi connectivity index (χ1) is 8.63. The van der Waals surface area contributed by atoms with Gasteiger partial charge in [-0.2, -0.15) is 0 Å². The number of para-hydroxylation sites is 1. The number of rotatable bonds is 5. The molecule has 0 saturated heterocycles. The average molecular weight is 248 g/mol. The van der Waals surface area contributed by atoms with Crippen LogP contribution in [0.15, 0.2) is 18.2 Å². The molecule has 0 spiro atoms. The molecule has 1 amide bonds. The summed E-state index contributed by atoms with van der Waals surface area (Å²) < 4.78 is 7.26. The summed E-state index contributed by atoms with van der Waals surface area (Å²) in [5.41, 5.74) is 12.5. The normalized spacial score (nSPS) is 10.7. The number of ether oxygens (including phenoxy) is 1.